The van der Waals surface area contributed by atoms with E-state index in [2.05, 4.69) is 15.8 Å². The Hall–Kier alpha value is -5.30. The molecule has 2 N–H and O–H groups in total. The van der Waals surface area contributed by atoms with Gasteiger partial charge in [0.25, 0.3) is 11.8 Å². The molecule has 4 rings (SSSR count). The van der Waals surface area contributed by atoms with Crippen molar-refractivity contribution in [2.45, 2.75) is 6.92 Å². The van der Waals surface area contributed by atoms with Crippen LogP contribution in [-0.2, 0) is 4.79 Å². The fraction of sp³-hybridized carbons (Fsp3) is 0.0323. The molecule has 0 spiro atoms. The van der Waals surface area contributed by atoms with Crippen LogP contribution in [0, 0.1) is 6.92 Å². The number of anilines is 1. The predicted molar refractivity (Wildman–Crippen MR) is 148 cm³/mol. The van der Waals surface area contributed by atoms with Crippen molar-refractivity contribution in [3.8, 4) is 5.75 Å². The molecule has 0 radical (unpaired) electrons. The van der Waals surface area contributed by atoms with Crippen LogP contribution in [0.5, 0.6) is 5.75 Å². The average Bonchev–Trinajstić information content (AvgIpc) is 2.94. The van der Waals surface area contributed by atoms with Gasteiger partial charge in [-0.15, -0.1) is 0 Å². The number of nitrogens with one attached hydrogen (secondary N) is 2. The quantitative estimate of drug-likeness (QED) is 0.107. The molecule has 0 aliphatic rings. The molecule has 4 aromatic carbocycles. The van der Waals surface area contributed by atoms with Gasteiger partial charge in [-0.05, 0) is 55.0 Å². The molecule has 38 heavy (non-hydrogen) atoms. The van der Waals surface area contributed by atoms with Gasteiger partial charge in [-0.3, -0.25) is 9.59 Å². The van der Waals surface area contributed by atoms with Crippen LogP contribution in [0.15, 0.2) is 114 Å². The number of aryl methyl sites for hydroxylation is 1. The fourth-order valence-corrected chi connectivity index (χ4v) is 3.46. The van der Waals surface area contributed by atoms with Gasteiger partial charge < -0.3 is 10.1 Å². The van der Waals surface area contributed by atoms with Crippen molar-refractivity contribution in [2.24, 2.45) is 5.10 Å². The first-order valence-electron chi connectivity index (χ1n) is 11.8. The van der Waals surface area contributed by atoms with Crippen LogP contribution in [0.4, 0.5) is 5.69 Å². The van der Waals surface area contributed by atoms with Crippen LogP contribution in [0.3, 0.4) is 0 Å². The molecule has 7 heteroatoms. The molecule has 0 aromatic heterocycles. The van der Waals surface area contributed by atoms with Crippen molar-refractivity contribution < 1.29 is 19.1 Å². The van der Waals surface area contributed by atoms with Crippen molar-refractivity contribution in [2.75, 3.05) is 5.32 Å². The number of carbonyl (C=O) groups excluding carboxylic acids is 3. The summed E-state index contributed by atoms with van der Waals surface area (Å²) in [5, 5.41) is 6.80. The molecule has 0 heterocycles. The largest absolute Gasteiger partial charge is 0.423 e. The molecule has 0 saturated carbocycles. The van der Waals surface area contributed by atoms with E-state index in [0.29, 0.717) is 22.6 Å². The topological polar surface area (TPSA) is 96.9 Å². The Kier molecular flexibility index (Phi) is 8.55. The number of benzene rings is 4. The molecular formula is C31H25N3O4. The van der Waals surface area contributed by atoms with Crippen LogP contribution in [-0.4, -0.2) is 24.0 Å². The van der Waals surface area contributed by atoms with Crippen molar-refractivity contribution in [1.82, 2.24) is 5.43 Å². The second kappa shape index (κ2) is 12.6. The Balaban J connectivity index is 1.41. The summed E-state index contributed by atoms with van der Waals surface area (Å²) in [7, 11) is 0. The van der Waals surface area contributed by atoms with E-state index in [1.54, 1.807) is 66.7 Å². The zero-order valence-corrected chi connectivity index (χ0v) is 20.6. The highest BCUT2D eigenvalue weighted by atomic mass is 16.5. The van der Waals surface area contributed by atoms with Crippen molar-refractivity contribution in [3.63, 3.8) is 0 Å². The summed E-state index contributed by atoms with van der Waals surface area (Å²) in [6.07, 6.45) is 4.39. The molecule has 7 nitrogen and oxygen atoms in total. The highest BCUT2D eigenvalue weighted by Gasteiger charge is 2.14. The summed E-state index contributed by atoms with van der Waals surface area (Å²) in [6.45, 7) is 1.94. The Bertz CT molecular complexity index is 1490. The number of hydrogen-bond acceptors (Lipinski definition) is 5. The number of carbonyl (C=O) groups is 3. The second-order valence-corrected chi connectivity index (χ2v) is 8.27. The minimum absolute atomic E-state index is 0.246. The first kappa shape index (κ1) is 25.8. The molecule has 0 unspecified atom stereocenters. The number of para-hydroxylation sites is 2. The van der Waals surface area contributed by atoms with Crippen LogP contribution in [0.25, 0.3) is 6.08 Å². The fourth-order valence-electron chi connectivity index (χ4n) is 3.46. The minimum Gasteiger partial charge on any atom is -0.423 e. The lowest BCUT2D eigenvalue weighted by Crippen LogP contribution is -2.21. The van der Waals surface area contributed by atoms with Crippen molar-refractivity contribution in [3.05, 3.63) is 137 Å². The molecule has 0 aliphatic carbocycles. The van der Waals surface area contributed by atoms with Crippen LogP contribution in [0.1, 0.15) is 37.4 Å². The maximum Gasteiger partial charge on any atom is 0.336 e. The Labute approximate surface area is 220 Å². The van der Waals surface area contributed by atoms with E-state index in [-0.39, 0.29) is 11.5 Å². The van der Waals surface area contributed by atoms with E-state index >= 15 is 0 Å². The number of ether oxygens (including phenoxy) is 1. The monoisotopic (exact) mass is 503 g/mol. The first-order valence-corrected chi connectivity index (χ1v) is 11.8. The summed E-state index contributed by atoms with van der Waals surface area (Å²) in [4.78, 5) is 37.8. The smallest absolute Gasteiger partial charge is 0.336 e. The van der Waals surface area contributed by atoms with Crippen molar-refractivity contribution in [1.29, 1.82) is 0 Å². The Morgan fingerprint density at radius 3 is 2.24 bits per heavy atom. The van der Waals surface area contributed by atoms with Crippen LogP contribution in [0.2, 0.25) is 0 Å². The number of hydrogen-bond donors (Lipinski definition) is 2. The predicted octanol–water partition coefficient (Wildman–Crippen LogP) is 5.63. The normalized spacial score (nSPS) is 10.9. The number of rotatable bonds is 8. The summed E-state index contributed by atoms with van der Waals surface area (Å²) in [6, 6.07) is 30.0. The Morgan fingerprint density at radius 2 is 1.45 bits per heavy atom. The van der Waals surface area contributed by atoms with Gasteiger partial charge in [-0.1, -0.05) is 72.3 Å². The van der Waals surface area contributed by atoms with E-state index in [1.807, 2.05) is 49.4 Å². The van der Waals surface area contributed by atoms with Gasteiger partial charge in [0.05, 0.1) is 17.5 Å². The highest BCUT2D eigenvalue weighted by Crippen LogP contribution is 2.18. The minimum atomic E-state index is -0.544. The standard InChI is InChI=1S/C31H25N3O4/c1-22-15-18-24(19-16-22)30(36)33-27-13-7-6-12-26(27)31(37)34-32-21-25-11-5-8-14-28(25)38-29(35)20-17-23-9-3-2-4-10-23/h2-21H,1H3,(H,33,36)(H,34,37)/b20-17+,32-21-. The summed E-state index contributed by atoms with van der Waals surface area (Å²) in [5.74, 6) is -1.09. The third-order valence-corrected chi connectivity index (χ3v) is 5.44. The molecular weight excluding hydrogens is 478 g/mol. The van der Waals surface area contributed by atoms with E-state index in [0.717, 1.165) is 11.1 Å². The average molecular weight is 504 g/mol. The molecule has 0 bridgehead atoms. The van der Waals surface area contributed by atoms with E-state index in [4.69, 9.17) is 4.74 Å². The van der Waals surface area contributed by atoms with E-state index in [1.165, 1.54) is 12.3 Å². The lowest BCUT2D eigenvalue weighted by Gasteiger charge is -2.10. The summed E-state index contributed by atoms with van der Waals surface area (Å²) in [5.41, 5.74) is 5.95. The second-order valence-electron chi connectivity index (χ2n) is 8.27. The number of nitrogens with zero attached hydrogens (tertiary/aromatic N) is 1. The van der Waals surface area contributed by atoms with Crippen molar-refractivity contribution >= 4 is 35.8 Å². The Morgan fingerprint density at radius 1 is 0.763 bits per heavy atom. The lowest BCUT2D eigenvalue weighted by molar-refractivity contribution is -0.128. The van der Waals surface area contributed by atoms with Crippen LogP contribution < -0.4 is 15.5 Å². The van der Waals surface area contributed by atoms with E-state index in [9.17, 15) is 14.4 Å². The van der Waals surface area contributed by atoms with Gasteiger partial charge in [0.2, 0.25) is 0 Å². The lowest BCUT2D eigenvalue weighted by atomic mass is 10.1. The third-order valence-electron chi connectivity index (χ3n) is 5.44. The molecule has 0 aliphatic heterocycles. The zero-order valence-electron chi connectivity index (χ0n) is 20.6. The highest BCUT2D eigenvalue weighted by molar-refractivity contribution is 6.09. The van der Waals surface area contributed by atoms with Gasteiger partial charge in [0.15, 0.2) is 0 Å². The van der Waals surface area contributed by atoms with Gasteiger partial charge >= 0.3 is 5.97 Å². The van der Waals surface area contributed by atoms with E-state index < -0.39 is 11.9 Å². The molecule has 4 aromatic rings. The number of esters is 1. The maximum absolute atomic E-state index is 12.8. The van der Waals surface area contributed by atoms with Gasteiger partial charge in [-0.2, -0.15) is 5.10 Å². The summed E-state index contributed by atoms with van der Waals surface area (Å²) < 4.78 is 5.44. The first-order chi connectivity index (χ1) is 18.5. The summed E-state index contributed by atoms with van der Waals surface area (Å²) >= 11 is 0. The number of hydrazone groups is 1. The zero-order chi connectivity index (χ0) is 26.7. The van der Waals surface area contributed by atoms with Gasteiger partial charge in [-0.25, -0.2) is 10.2 Å². The number of amides is 2. The maximum atomic E-state index is 12.8. The van der Waals surface area contributed by atoms with Gasteiger partial charge in [0, 0.05) is 17.2 Å². The molecule has 0 saturated heterocycles. The molecule has 2 amide bonds. The van der Waals surface area contributed by atoms with Crippen LogP contribution >= 0.6 is 0 Å². The SMILES string of the molecule is Cc1ccc(C(=O)Nc2ccccc2C(=O)N/N=C\c2ccccc2OC(=O)/C=C/c2ccccc2)cc1. The molecule has 0 atom stereocenters. The molecule has 0 fully saturated rings. The van der Waals surface area contributed by atoms with Gasteiger partial charge in [0.1, 0.15) is 5.75 Å². The molecule has 188 valence electrons. The third kappa shape index (κ3) is 7.11.